The van der Waals surface area contributed by atoms with Gasteiger partial charge in [-0.05, 0) is 96.9 Å². The smallest absolute Gasteiger partial charge is 0.326 e. The van der Waals surface area contributed by atoms with Crippen molar-refractivity contribution in [3.63, 3.8) is 0 Å². The van der Waals surface area contributed by atoms with E-state index in [1.165, 1.54) is 22.3 Å². The Labute approximate surface area is 206 Å². The Morgan fingerprint density at radius 3 is 2.37 bits per heavy atom. The third-order valence-corrected chi connectivity index (χ3v) is 7.63. The maximum atomic E-state index is 12.9. The molecule has 35 heavy (non-hydrogen) atoms. The Morgan fingerprint density at radius 2 is 1.66 bits per heavy atom. The van der Waals surface area contributed by atoms with E-state index < -0.39 is 5.97 Å². The molecule has 2 amide bonds. The molecule has 1 heterocycles. The molecule has 5 rings (SSSR count). The summed E-state index contributed by atoms with van der Waals surface area (Å²) >= 11 is 0. The number of hydrogen-bond acceptors (Lipinski definition) is 2. The first-order valence-corrected chi connectivity index (χ1v) is 12.6. The molecule has 0 atom stereocenters. The Balaban J connectivity index is 1.25. The Morgan fingerprint density at radius 1 is 0.943 bits per heavy atom. The largest absolute Gasteiger partial charge is 0.481 e. The van der Waals surface area contributed by atoms with Gasteiger partial charge in [0.2, 0.25) is 0 Å². The number of aryl methyl sites for hydroxylation is 1. The van der Waals surface area contributed by atoms with Crippen molar-refractivity contribution < 1.29 is 14.7 Å². The number of anilines is 2. The molecular weight excluding hydrogens is 436 g/mol. The van der Waals surface area contributed by atoms with Gasteiger partial charge in [0.25, 0.3) is 0 Å². The molecule has 5 nitrogen and oxygen atoms in total. The number of hydrogen-bond donors (Lipinski definition) is 2. The van der Waals surface area contributed by atoms with E-state index in [-0.39, 0.29) is 6.03 Å². The molecule has 2 N–H and O–H groups in total. The van der Waals surface area contributed by atoms with Gasteiger partial charge in [-0.1, -0.05) is 48.5 Å². The van der Waals surface area contributed by atoms with E-state index in [0.29, 0.717) is 24.8 Å². The molecule has 3 aromatic rings. The van der Waals surface area contributed by atoms with Gasteiger partial charge >= 0.3 is 12.0 Å². The highest BCUT2D eigenvalue weighted by molar-refractivity contribution is 6.03. The highest BCUT2D eigenvalue weighted by Crippen LogP contribution is 2.38. The van der Waals surface area contributed by atoms with Crippen molar-refractivity contribution in [2.75, 3.05) is 16.8 Å². The van der Waals surface area contributed by atoms with Crippen LogP contribution in [0, 0.1) is 12.8 Å². The van der Waals surface area contributed by atoms with E-state index in [4.69, 9.17) is 5.11 Å². The minimum Gasteiger partial charge on any atom is -0.481 e. The number of fused-ring (bicyclic) bond motifs is 1. The van der Waals surface area contributed by atoms with Gasteiger partial charge in [-0.15, -0.1) is 0 Å². The lowest BCUT2D eigenvalue weighted by molar-refractivity contribution is -0.138. The fourth-order valence-electron chi connectivity index (χ4n) is 5.58. The number of nitrogens with zero attached hydrogens (tertiary/aromatic N) is 1. The van der Waals surface area contributed by atoms with Crippen LogP contribution in [0.4, 0.5) is 16.2 Å². The number of nitrogens with one attached hydrogen (secondary N) is 1. The number of rotatable bonds is 5. The minimum atomic E-state index is -0.679. The second-order valence-corrected chi connectivity index (χ2v) is 9.93. The number of aliphatic carboxylic acids is 1. The lowest BCUT2D eigenvalue weighted by Gasteiger charge is -2.28. The first-order valence-electron chi connectivity index (χ1n) is 12.6. The lowest BCUT2D eigenvalue weighted by atomic mass is 9.77. The van der Waals surface area contributed by atoms with Crippen LogP contribution < -0.4 is 10.2 Å². The molecule has 1 aliphatic carbocycles. The van der Waals surface area contributed by atoms with Gasteiger partial charge < -0.3 is 10.4 Å². The molecule has 1 saturated carbocycles. The maximum Gasteiger partial charge on any atom is 0.326 e. The summed E-state index contributed by atoms with van der Waals surface area (Å²) in [6, 6.07) is 23.0. The molecule has 0 bridgehead atoms. The molecule has 1 aliphatic heterocycles. The van der Waals surface area contributed by atoms with Crippen LogP contribution in [-0.4, -0.2) is 23.7 Å². The number of amides is 2. The van der Waals surface area contributed by atoms with Crippen molar-refractivity contribution in [1.82, 2.24) is 0 Å². The summed E-state index contributed by atoms with van der Waals surface area (Å²) in [6.07, 6.45) is 5.28. The first kappa shape index (κ1) is 23.2. The summed E-state index contributed by atoms with van der Waals surface area (Å²) in [5.74, 6) is 0.171. The molecule has 0 saturated heterocycles. The van der Waals surface area contributed by atoms with E-state index in [1.54, 1.807) is 0 Å². The Bertz CT molecular complexity index is 1230. The number of para-hydroxylation sites is 1. The number of carboxylic acids is 1. The lowest BCUT2D eigenvalue weighted by Crippen LogP contribution is -2.33. The zero-order chi connectivity index (χ0) is 24.4. The molecule has 2 aliphatic rings. The van der Waals surface area contributed by atoms with Gasteiger partial charge in [0.1, 0.15) is 0 Å². The fraction of sp³-hybridized carbons (Fsp3) is 0.333. The Kier molecular flexibility index (Phi) is 6.58. The van der Waals surface area contributed by atoms with Gasteiger partial charge in [0.05, 0.1) is 0 Å². The van der Waals surface area contributed by atoms with Gasteiger partial charge in [0, 0.05) is 24.3 Å². The van der Waals surface area contributed by atoms with E-state index in [0.717, 1.165) is 49.0 Å². The van der Waals surface area contributed by atoms with E-state index in [1.807, 2.05) is 36.1 Å². The first-order chi connectivity index (χ1) is 17.0. The van der Waals surface area contributed by atoms with Crippen LogP contribution in [0.5, 0.6) is 0 Å². The van der Waals surface area contributed by atoms with Crippen molar-refractivity contribution in [3.05, 3.63) is 83.4 Å². The van der Waals surface area contributed by atoms with Crippen LogP contribution in [0.1, 0.15) is 54.7 Å². The van der Waals surface area contributed by atoms with Crippen molar-refractivity contribution >= 4 is 23.4 Å². The van der Waals surface area contributed by atoms with Crippen LogP contribution in [0.2, 0.25) is 0 Å². The molecule has 3 aromatic carbocycles. The minimum absolute atomic E-state index is 0.0896. The van der Waals surface area contributed by atoms with Gasteiger partial charge in [-0.2, -0.15) is 0 Å². The summed E-state index contributed by atoms with van der Waals surface area (Å²) in [6.45, 7) is 2.68. The van der Waals surface area contributed by atoms with Crippen LogP contribution >= 0.6 is 0 Å². The highest BCUT2D eigenvalue weighted by atomic mass is 16.4. The predicted molar refractivity (Wildman–Crippen MR) is 140 cm³/mol. The van der Waals surface area contributed by atoms with Crippen molar-refractivity contribution in [2.45, 2.75) is 51.4 Å². The van der Waals surface area contributed by atoms with Crippen LogP contribution in [-0.2, 0) is 11.2 Å². The van der Waals surface area contributed by atoms with Crippen molar-refractivity contribution in [2.24, 2.45) is 5.92 Å². The molecule has 180 valence electrons. The van der Waals surface area contributed by atoms with Crippen LogP contribution in [0.3, 0.4) is 0 Å². The topological polar surface area (TPSA) is 69.6 Å². The SMILES string of the molecule is Cc1ccccc1NC(=O)N1CCc2cc(-c3ccc([C@H]4CC[C@H](CC(=O)O)CC4)cc3)ccc21. The predicted octanol–water partition coefficient (Wildman–Crippen LogP) is 7.01. The quantitative estimate of drug-likeness (QED) is 0.423. The Hall–Kier alpha value is -3.60. The molecule has 0 aromatic heterocycles. The zero-order valence-electron chi connectivity index (χ0n) is 20.2. The van der Waals surface area contributed by atoms with Crippen LogP contribution in [0.15, 0.2) is 66.7 Å². The van der Waals surface area contributed by atoms with Crippen LogP contribution in [0.25, 0.3) is 11.1 Å². The molecule has 0 unspecified atom stereocenters. The monoisotopic (exact) mass is 468 g/mol. The van der Waals surface area contributed by atoms with E-state index in [9.17, 15) is 9.59 Å². The summed E-state index contributed by atoms with van der Waals surface area (Å²) in [5, 5.41) is 12.1. The molecule has 5 heteroatoms. The van der Waals surface area contributed by atoms with Gasteiger partial charge in [0.15, 0.2) is 0 Å². The number of carbonyl (C=O) groups excluding carboxylic acids is 1. The highest BCUT2D eigenvalue weighted by Gasteiger charge is 2.26. The molecular formula is C30H32N2O3. The van der Waals surface area contributed by atoms with Crippen molar-refractivity contribution in [1.29, 1.82) is 0 Å². The summed E-state index contributed by atoms with van der Waals surface area (Å²) in [5.41, 5.74) is 7.77. The van der Waals surface area contributed by atoms with E-state index in [2.05, 4.69) is 47.8 Å². The summed E-state index contributed by atoms with van der Waals surface area (Å²) < 4.78 is 0. The normalized spacial score (nSPS) is 19.3. The van der Waals surface area contributed by atoms with Gasteiger partial charge in [-0.25, -0.2) is 4.79 Å². The zero-order valence-corrected chi connectivity index (χ0v) is 20.2. The standard InChI is InChI=1S/C30H32N2O3/c1-20-4-2-3-5-27(20)31-30(35)32-17-16-26-19-25(14-15-28(26)32)24-12-10-23(11-13-24)22-8-6-21(7-9-22)18-29(33)34/h2-5,10-15,19,21-22H,6-9,16-18H2,1H3,(H,31,35)(H,33,34)/t21-,22-. The van der Waals surface area contributed by atoms with Gasteiger partial charge in [-0.3, -0.25) is 9.69 Å². The number of carboxylic acid groups (broad SMARTS) is 1. The summed E-state index contributed by atoms with van der Waals surface area (Å²) in [7, 11) is 0. The second-order valence-electron chi connectivity index (χ2n) is 9.93. The molecule has 1 fully saturated rings. The fourth-order valence-corrected chi connectivity index (χ4v) is 5.58. The number of urea groups is 1. The third kappa shape index (κ3) is 5.09. The number of benzene rings is 3. The molecule has 0 spiro atoms. The number of carbonyl (C=O) groups is 2. The molecule has 0 radical (unpaired) electrons. The summed E-state index contributed by atoms with van der Waals surface area (Å²) in [4.78, 5) is 25.7. The van der Waals surface area contributed by atoms with E-state index >= 15 is 0 Å². The van der Waals surface area contributed by atoms with Crippen molar-refractivity contribution in [3.8, 4) is 11.1 Å². The third-order valence-electron chi connectivity index (χ3n) is 7.63. The second kappa shape index (κ2) is 9.95. The maximum absolute atomic E-state index is 12.9. The average Bonchev–Trinajstić information content (AvgIpc) is 3.29. The average molecular weight is 469 g/mol.